The summed E-state index contributed by atoms with van der Waals surface area (Å²) < 4.78 is 4.40. The van der Waals surface area contributed by atoms with Crippen LogP contribution in [0.3, 0.4) is 0 Å². The molecule has 1 N–H and O–H groups in total. The Bertz CT molecular complexity index is 123. The molecule has 0 rings (SSSR count). The molecule has 0 aliphatic carbocycles. The van der Waals surface area contributed by atoms with Crippen molar-refractivity contribution in [3.05, 3.63) is 0 Å². The molecule has 0 aliphatic rings. The van der Waals surface area contributed by atoms with Crippen LogP contribution in [0.5, 0.6) is 0 Å². The van der Waals surface area contributed by atoms with E-state index in [1.807, 2.05) is 0 Å². The van der Waals surface area contributed by atoms with Crippen molar-refractivity contribution < 1.29 is 14.4 Å². The van der Waals surface area contributed by atoms with E-state index in [4.69, 9.17) is 4.84 Å². The molecular formula is C8H17NO3. The molecule has 0 saturated carbocycles. The van der Waals surface area contributed by atoms with Gasteiger partial charge < -0.3 is 4.74 Å². The lowest BCUT2D eigenvalue weighted by atomic mass is 10.2. The number of ether oxygens (including phenoxy) is 1. The molecule has 0 radical (unpaired) electrons. The molecule has 0 atom stereocenters. The fourth-order valence-electron chi connectivity index (χ4n) is 0.733. The summed E-state index contributed by atoms with van der Waals surface area (Å²) in [6.07, 6.45) is 1.97. The zero-order chi connectivity index (χ0) is 9.40. The summed E-state index contributed by atoms with van der Waals surface area (Å²) >= 11 is 0. The number of hydroxylamine groups is 1. The van der Waals surface area contributed by atoms with E-state index < -0.39 is 0 Å². The van der Waals surface area contributed by atoms with Gasteiger partial charge in [-0.2, -0.15) is 5.48 Å². The maximum atomic E-state index is 10.6. The molecule has 0 bridgehead atoms. The van der Waals surface area contributed by atoms with E-state index in [9.17, 15) is 4.79 Å². The smallest absolute Gasteiger partial charge is 0.333 e. The summed E-state index contributed by atoms with van der Waals surface area (Å²) in [4.78, 5) is 15.5. The predicted octanol–water partition coefficient (Wildman–Crippen LogP) is 0.869. The van der Waals surface area contributed by atoms with Crippen molar-refractivity contribution in [3.63, 3.8) is 0 Å². The predicted molar refractivity (Wildman–Crippen MR) is 45.5 cm³/mol. The Hall–Kier alpha value is -0.610. The maximum Gasteiger partial charge on any atom is 0.333 e. The van der Waals surface area contributed by atoms with Crippen LogP contribution in [0.1, 0.15) is 26.7 Å². The lowest BCUT2D eigenvalue weighted by Gasteiger charge is -2.13. The minimum absolute atomic E-state index is 0.0347. The van der Waals surface area contributed by atoms with Crippen molar-refractivity contribution >= 4 is 5.97 Å². The Labute approximate surface area is 73.2 Å². The summed E-state index contributed by atoms with van der Waals surface area (Å²) in [6, 6.07) is 0.314. The van der Waals surface area contributed by atoms with E-state index in [0.717, 1.165) is 12.8 Å². The molecule has 72 valence electrons. The van der Waals surface area contributed by atoms with Crippen LogP contribution in [-0.2, 0) is 14.4 Å². The normalized spacial score (nSPS) is 10.3. The number of hydrogen-bond acceptors (Lipinski definition) is 4. The van der Waals surface area contributed by atoms with E-state index in [2.05, 4.69) is 24.1 Å². The lowest BCUT2D eigenvalue weighted by molar-refractivity contribution is -0.149. The van der Waals surface area contributed by atoms with Gasteiger partial charge in [-0.05, 0) is 12.8 Å². The average molecular weight is 175 g/mol. The highest BCUT2D eigenvalue weighted by Gasteiger charge is 2.04. The first kappa shape index (κ1) is 11.4. The Morgan fingerprint density at radius 1 is 1.42 bits per heavy atom. The molecule has 0 aromatic carbocycles. The molecule has 0 aromatic heterocycles. The number of methoxy groups -OCH3 is 1. The first-order chi connectivity index (χ1) is 5.74. The monoisotopic (exact) mass is 175 g/mol. The summed E-state index contributed by atoms with van der Waals surface area (Å²) in [7, 11) is 1.34. The molecule has 0 unspecified atom stereocenters. The molecular weight excluding hydrogens is 158 g/mol. The van der Waals surface area contributed by atoms with Crippen LogP contribution in [0, 0.1) is 0 Å². The number of hydrogen-bond donors (Lipinski definition) is 1. The lowest BCUT2D eigenvalue weighted by Crippen LogP contribution is -2.30. The number of carbonyl (C=O) groups is 1. The standard InChI is InChI=1S/C8H17NO3/c1-4-7(5-2)9-12-6-8(10)11-3/h7,9H,4-6H2,1-3H3. The minimum Gasteiger partial charge on any atom is -0.467 e. The summed E-state index contributed by atoms with van der Waals surface area (Å²) in [5.41, 5.74) is 2.78. The Morgan fingerprint density at radius 2 is 2.00 bits per heavy atom. The van der Waals surface area contributed by atoms with Crippen LogP contribution in [0.25, 0.3) is 0 Å². The molecule has 0 spiro atoms. The van der Waals surface area contributed by atoms with Gasteiger partial charge in [0.1, 0.15) is 0 Å². The van der Waals surface area contributed by atoms with Crippen molar-refractivity contribution in [2.24, 2.45) is 0 Å². The Morgan fingerprint density at radius 3 is 2.42 bits per heavy atom. The summed E-state index contributed by atoms with van der Waals surface area (Å²) in [5.74, 6) is -0.367. The van der Waals surface area contributed by atoms with E-state index >= 15 is 0 Å². The van der Waals surface area contributed by atoms with Crippen molar-refractivity contribution in [3.8, 4) is 0 Å². The second kappa shape index (κ2) is 7.06. The highest BCUT2D eigenvalue weighted by molar-refractivity contribution is 5.70. The quantitative estimate of drug-likeness (QED) is 0.480. The molecule has 0 saturated heterocycles. The fraction of sp³-hybridized carbons (Fsp3) is 0.875. The van der Waals surface area contributed by atoms with E-state index in [0.29, 0.717) is 6.04 Å². The first-order valence-corrected chi connectivity index (χ1v) is 4.18. The molecule has 0 heterocycles. The molecule has 12 heavy (non-hydrogen) atoms. The van der Waals surface area contributed by atoms with Crippen LogP contribution < -0.4 is 5.48 Å². The minimum atomic E-state index is -0.367. The number of esters is 1. The Kier molecular flexibility index (Phi) is 6.70. The van der Waals surface area contributed by atoms with Gasteiger partial charge in [-0.25, -0.2) is 4.79 Å². The first-order valence-electron chi connectivity index (χ1n) is 4.18. The fourth-order valence-corrected chi connectivity index (χ4v) is 0.733. The van der Waals surface area contributed by atoms with Gasteiger partial charge in [-0.1, -0.05) is 13.8 Å². The maximum absolute atomic E-state index is 10.6. The summed E-state index contributed by atoms with van der Waals surface area (Å²) in [5, 5.41) is 0. The summed E-state index contributed by atoms with van der Waals surface area (Å²) in [6.45, 7) is 4.08. The van der Waals surface area contributed by atoms with E-state index in [1.54, 1.807) is 0 Å². The van der Waals surface area contributed by atoms with Crippen molar-refractivity contribution in [1.82, 2.24) is 5.48 Å². The SMILES string of the molecule is CCC(CC)NOCC(=O)OC. The second-order valence-electron chi connectivity index (χ2n) is 2.50. The molecule has 0 aliphatic heterocycles. The average Bonchev–Trinajstić information content (AvgIpc) is 2.12. The Balaban J connectivity index is 3.34. The second-order valence-corrected chi connectivity index (χ2v) is 2.50. The number of carbonyl (C=O) groups excluding carboxylic acids is 1. The van der Waals surface area contributed by atoms with Gasteiger partial charge in [0.15, 0.2) is 6.61 Å². The molecule has 0 amide bonds. The van der Waals surface area contributed by atoms with Crippen molar-refractivity contribution in [2.75, 3.05) is 13.7 Å². The van der Waals surface area contributed by atoms with Gasteiger partial charge in [-0.3, -0.25) is 4.84 Å². The van der Waals surface area contributed by atoms with Crippen molar-refractivity contribution in [2.45, 2.75) is 32.7 Å². The zero-order valence-corrected chi connectivity index (χ0v) is 7.92. The molecule has 0 aromatic rings. The van der Waals surface area contributed by atoms with Crippen LogP contribution in [0.2, 0.25) is 0 Å². The highest BCUT2D eigenvalue weighted by atomic mass is 16.7. The number of nitrogens with one attached hydrogen (secondary N) is 1. The highest BCUT2D eigenvalue weighted by Crippen LogP contribution is 1.95. The van der Waals surface area contributed by atoms with Crippen LogP contribution in [0.15, 0.2) is 0 Å². The molecule has 4 heteroatoms. The van der Waals surface area contributed by atoms with Crippen LogP contribution >= 0.6 is 0 Å². The zero-order valence-electron chi connectivity index (χ0n) is 7.92. The van der Waals surface area contributed by atoms with E-state index in [-0.39, 0.29) is 12.6 Å². The third-order valence-corrected chi connectivity index (χ3v) is 1.65. The molecule has 4 nitrogen and oxygen atoms in total. The topological polar surface area (TPSA) is 47.6 Å². The largest absolute Gasteiger partial charge is 0.467 e. The van der Waals surface area contributed by atoms with Gasteiger partial charge >= 0.3 is 5.97 Å². The van der Waals surface area contributed by atoms with Gasteiger partial charge in [0, 0.05) is 6.04 Å². The third-order valence-electron chi connectivity index (χ3n) is 1.65. The van der Waals surface area contributed by atoms with Gasteiger partial charge in [0.05, 0.1) is 7.11 Å². The van der Waals surface area contributed by atoms with Gasteiger partial charge in [0.2, 0.25) is 0 Å². The molecule has 0 fully saturated rings. The van der Waals surface area contributed by atoms with Gasteiger partial charge in [-0.15, -0.1) is 0 Å². The van der Waals surface area contributed by atoms with Crippen LogP contribution in [-0.4, -0.2) is 25.7 Å². The third kappa shape index (κ3) is 5.09. The van der Waals surface area contributed by atoms with Gasteiger partial charge in [0.25, 0.3) is 0 Å². The van der Waals surface area contributed by atoms with E-state index in [1.165, 1.54) is 7.11 Å². The van der Waals surface area contributed by atoms with Crippen molar-refractivity contribution in [1.29, 1.82) is 0 Å². The number of rotatable bonds is 6. The van der Waals surface area contributed by atoms with Crippen LogP contribution in [0.4, 0.5) is 0 Å².